The molecule has 1 aliphatic heterocycles. The minimum Gasteiger partial charge on any atom is -0.349 e. The molecule has 0 aromatic heterocycles. The van der Waals surface area contributed by atoms with E-state index in [1.807, 2.05) is 38.1 Å². The summed E-state index contributed by atoms with van der Waals surface area (Å²) in [5, 5.41) is 3.03. The first-order valence-electron chi connectivity index (χ1n) is 9.40. The van der Waals surface area contributed by atoms with Crippen molar-refractivity contribution in [3.63, 3.8) is 0 Å². The van der Waals surface area contributed by atoms with E-state index in [9.17, 15) is 17.6 Å². The van der Waals surface area contributed by atoms with E-state index < -0.39 is 15.8 Å². The fourth-order valence-electron chi connectivity index (χ4n) is 3.38. The second-order valence-electron chi connectivity index (χ2n) is 7.27. The SMILES string of the molecule is Cc1ccc(C(C)NC(=O)C2CCN(S(=O)(=O)c3ccc(F)cc3)CC2)cc1. The number of hydrogen-bond donors (Lipinski definition) is 1. The van der Waals surface area contributed by atoms with Crippen molar-refractivity contribution in [2.75, 3.05) is 13.1 Å². The first-order valence-corrected chi connectivity index (χ1v) is 10.8. The summed E-state index contributed by atoms with van der Waals surface area (Å²) in [6.45, 7) is 4.50. The zero-order chi connectivity index (χ0) is 20.3. The van der Waals surface area contributed by atoms with Crippen LogP contribution in [0.2, 0.25) is 0 Å². The normalized spacial score (nSPS) is 17.2. The average Bonchev–Trinajstić information content (AvgIpc) is 2.69. The molecule has 0 radical (unpaired) electrons. The van der Waals surface area contributed by atoms with E-state index in [2.05, 4.69) is 5.32 Å². The van der Waals surface area contributed by atoms with Gasteiger partial charge in [-0.2, -0.15) is 4.31 Å². The van der Waals surface area contributed by atoms with Crippen molar-refractivity contribution in [1.29, 1.82) is 0 Å². The third-order valence-corrected chi connectivity index (χ3v) is 7.13. The van der Waals surface area contributed by atoms with Gasteiger partial charge in [0, 0.05) is 19.0 Å². The molecule has 1 atom stereocenters. The van der Waals surface area contributed by atoms with E-state index in [1.165, 1.54) is 16.4 Å². The quantitative estimate of drug-likeness (QED) is 0.830. The van der Waals surface area contributed by atoms with E-state index in [1.54, 1.807) is 0 Å². The molecule has 0 bridgehead atoms. The molecule has 1 saturated heterocycles. The standard InChI is InChI=1S/C21H25FN2O3S/c1-15-3-5-17(6-4-15)16(2)23-21(25)18-11-13-24(14-12-18)28(26,27)20-9-7-19(22)8-10-20/h3-10,16,18H,11-14H2,1-2H3,(H,23,25). The van der Waals surface area contributed by atoms with Gasteiger partial charge in [0.25, 0.3) is 0 Å². The molecule has 28 heavy (non-hydrogen) atoms. The molecule has 150 valence electrons. The zero-order valence-electron chi connectivity index (χ0n) is 16.1. The van der Waals surface area contributed by atoms with Gasteiger partial charge in [0.05, 0.1) is 10.9 Å². The van der Waals surface area contributed by atoms with E-state index >= 15 is 0 Å². The van der Waals surface area contributed by atoms with Crippen molar-refractivity contribution in [3.8, 4) is 0 Å². The van der Waals surface area contributed by atoms with Crippen LogP contribution in [-0.4, -0.2) is 31.7 Å². The summed E-state index contributed by atoms with van der Waals surface area (Å²) in [6, 6.07) is 12.7. The van der Waals surface area contributed by atoms with E-state index in [0.29, 0.717) is 12.8 Å². The highest BCUT2D eigenvalue weighted by molar-refractivity contribution is 7.89. The molecule has 2 aromatic rings. The van der Waals surface area contributed by atoms with Crippen LogP contribution in [0.25, 0.3) is 0 Å². The maximum atomic E-state index is 13.1. The number of hydrogen-bond acceptors (Lipinski definition) is 3. The Kier molecular flexibility index (Phi) is 6.15. The average molecular weight is 405 g/mol. The van der Waals surface area contributed by atoms with Gasteiger partial charge in [-0.1, -0.05) is 29.8 Å². The van der Waals surface area contributed by atoms with Crippen molar-refractivity contribution in [2.24, 2.45) is 5.92 Å². The fourth-order valence-corrected chi connectivity index (χ4v) is 4.85. The summed E-state index contributed by atoms with van der Waals surface area (Å²) in [7, 11) is -3.66. The molecule has 1 amide bonds. The van der Waals surface area contributed by atoms with Crippen molar-refractivity contribution in [2.45, 2.75) is 37.6 Å². The van der Waals surface area contributed by atoms with Crippen molar-refractivity contribution in [1.82, 2.24) is 9.62 Å². The Bertz CT molecular complexity index is 919. The topological polar surface area (TPSA) is 66.5 Å². The van der Waals surface area contributed by atoms with Crippen LogP contribution in [0.3, 0.4) is 0 Å². The smallest absolute Gasteiger partial charge is 0.243 e. The van der Waals surface area contributed by atoms with Crippen molar-refractivity contribution >= 4 is 15.9 Å². The summed E-state index contributed by atoms with van der Waals surface area (Å²) in [5.74, 6) is -0.739. The second kappa shape index (κ2) is 8.41. The van der Waals surface area contributed by atoms with Gasteiger partial charge < -0.3 is 5.32 Å². The molecule has 0 saturated carbocycles. The highest BCUT2D eigenvalue weighted by Crippen LogP contribution is 2.25. The van der Waals surface area contributed by atoms with E-state index in [-0.39, 0.29) is 35.9 Å². The molecule has 1 aliphatic rings. The van der Waals surface area contributed by atoms with Gasteiger partial charge in [0.15, 0.2) is 0 Å². The third kappa shape index (κ3) is 4.59. The predicted octanol–water partition coefficient (Wildman–Crippen LogP) is 3.41. The molecule has 1 unspecified atom stereocenters. The van der Waals surface area contributed by atoms with Gasteiger partial charge in [-0.05, 0) is 56.5 Å². The van der Waals surface area contributed by atoms with Crippen LogP contribution in [0.15, 0.2) is 53.4 Å². The number of carbonyl (C=O) groups excluding carboxylic acids is 1. The molecule has 2 aromatic carbocycles. The minimum atomic E-state index is -3.66. The van der Waals surface area contributed by atoms with Crippen LogP contribution in [-0.2, 0) is 14.8 Å². The highest BCUT2D eigenvalue weighted by atomic mass is 32.2. The lowest BCUT2D eigenvalue weighted by Crippen LogP contribution is -2.43. The molecule has 0 spiro atoms. The molecular formula is C21H25FN2O3S. The maximum Gasteiger partial charge on any atom is 0.243 e. The van der Waals surface area contributed by atoms with Crippen LogP contribution in [0.1, 0.15) is 36.9 Å². The summed E-state index contributed by atoms with van der Waals surface area (Å²) in [5.41, 5.74) is 2.20. The lowest BCUT2D eigenvalue weighted by atomic mass is 9.96. The number of nitrogens with zero attached hydrogens (tertiary/aromatic N) is 1. The number of aryl methyl sites for hydroxylation is 1. The Hall–Kier alpha value is -2.25. The first-order chi connectivity index (χ1) is 13.3. The Morgan fingerprint density at radius 3 is 2.21 bits per heavy atom. The van der Waals surface area contributed by atoms with E-state index in [0.717, 1.165) is 23.3 Å². The summed E-state index contributed by atoms with van der Waals surface area (Å²) >= 11 is 0. The van der Waals surface area contributed by atoms with Crippen LogP contribution in [0.5, 0.6) is 0 Å². The summed E-state index contributed by atoms with van der Waals surface area (Å²) in [6.07, 6.45) is 0.930. The number of amides is 1. The molecule has 1 heterocycles. The van der Waals surface area contributed by atoms with Crippen LogP contribution in [0.4, 0.5) is 4.39 Å². The van der Waals surface area contributed by atoms with Crippen LogP contribution >= 0.6 is 0 Å². The third-order valence-electron chi connectivity index (χ3n) is 5.21. The van der Waals surface area contributed by atoms with Gasteiger partial charge >= 0.3 is 0 Å². The van der Waals surface area contributed by atoms with Crippen LogP contribution in [0, 0.1) is 18.7 Å². The fraction of sp³-hybridized carbons (Fsp3) is 0.381. The van der Waals surface area contributed by atoms with Gasteiger partial charge in [0.2, 0.25) is 15.9 Å². The Morgan fingerprint density at radius 2 is 1.64 bits per heavy atom. The Labute approximate surface area is 165 Å². The minimum absolute atomic E-state index is 0.0492. The lowest BCUT2D eigenvalue weighted by molar-refractivity contribution is -0.126. The summed E-state index contributed by atoms with van der Waals surface area (Å²) in [4.78, 5) is 12.7. The number of nitrogens with one attached hydrogen (secondary N) is 1. The monoisotopic (exact) mass is 404 g/mol. The molecule has 0 aliphatic carbocycles. The Balaban J connectivity index is 1.57. The molecular weight excluding hydrogens is 379 g/mol. The number of halogens is 1. The molecule has 7 heteroatoms. The van der Waals surface area contributed by atoms with Gasteiger partial charge in [0.1, 0.15) is 5.82 Å². The highest BCUT2D eigenvalue weighted by Gasteiger charge is 2.32. The van der Waals surface area contributed by atoms with E-state index in [4.69, 9.17) is 0 Å². The number of carbonyl (C=O) groups is 1. The van der Waals surface area contributed by atoms with Crippen molar-refractivity contribution < 1.29 is 17.6 Å². The molecule has 3 rings (SSSR count). The number of piperidine rings is 1. The maximum absolute atomic E-state index is 13.1. The number of benzene rings is 2. The lowest BCUT2D eigenvalue weighted by Gasteiger charge is -2.31. The largest absolute Gasteiger partial charge is 0.349 e. The van der Waals surface area contributed by atoms with Gasteiger partial charge in [-0.15, -0.1) is 0 Å². The Morgan fingerprint density at radius 1 is 1.07 bits per heavy atom. The molecule has 1 N–H and O–H groups in total. The van der Waals surface area contributed by atoms with Crippen LogP contribution < -0.4 is 5.32 Å². The molecule has 1 fully saturated rings. The second-order valence-corrected chi connectivity index (χ2v) is 9.21. The predicted molar refractivity (Wildman–Crippen MR) is 106 cm³/mol. The first kappa shape index (κ1) is 20.5. The number of sulfonamides is 1. The van der Waals surface area contributed by atoms with Crippen molar-refractivity contribution in [3.05, 3.63) is 65.5 Å². The van der Waals surface area contributed by atoms with Gasteiger partial charge in [-0.3, -0.25) is 4.79 Å². The zero-order valence-corrected chi connectivity index (χ0v) is 16.9. The molecule has 5 nitrogen and oxygen atoms in total. The van der Waals surface area contributed by atoms with Gasteiger partial charge in [-0.25, -0.2) is 12.8 Å². The summed E-state index contributed by atoms with van der Waals surface area (Å²) < 4.78 is 39.8. The number of rotatable bonds is 5.